The average Bonchev–Trinajstić information content (AvgIpc) is 2.28. The summed E-state index contributed by atoms with van der Waals surface area (Å²) < 4.78 is 13.6. The largest absolute Gasteiger partial charge is 0.268 e. The normalized spacial score (nSPS) is 10.4. The zero-order chi connectivity index (χ0) is 11.7. The molecule has 0 aliphatic rings. The van der Waals surface area contributed by atoms with E-state index in [1.807, 2.05) is 0 Å². The quantitative estimate of drug-likeness (QED) is 0.797. The van der Waals surface area contributed by atoms with Crippen LogP contribution in [0, 0.1) is 19.7 Å². The van der Waals surface area contributed by atoms with Crippen LogP contribution in [0.25, 0.3) is 11.3 Å². The molecule has 0 unspecified atom stereocenters. The van der Waals surface area contributed by atoms with Gasteiger partial charge in [0, 0.05) is 11.1 Å². The molecule has 0 saturated carbocycles. The molecule has 1 aromatic heterocycles. The highest BCUT2D eigenvalue weighted by Crippen LogP contribution is 2.23. The minimum atomic E-state index is -0.343. The number of aromatic nitrogens is 2. The van der Waals surface area contributed by atoms with Crippen molar-refractivity contribution in [2.75, 3.05) is 0 Å². The molecule has 0 fully saturated rings. The van der Waals surface area contributed by atoms with Crippen LogP contribution in [0.15, 0.2) is 29.1 Å². The van der Waals surface area contributed by atoms with Gasteiger partial charge in [0.1, 0.15) is 5.82 Å². The first-order valence-electron chi connectivity index (χ1n) is 4.92. The third-order valence-electron chi connectivity index (χ3n) is 2.66. The van der Waals surface area contributed by atoms with Crippen molar-refractivity contribution in [3.63, 3.8) is 0 Å². The van der Waals surface area contributed by atoms with Gasteiger partial charge in [0.25, 0.3) is 5.56 Å². The second-order valence-corrected chi connectivity index (χ2v) is 3.63. The monoisotopic (exact) mass is 218 g/mol. The summed E-state index contributed by atoms with van der Waals surface area (Å²) in [6, 6.07) is 6.37. The molecule has 16 heavy (non-hydrogen) atoms. The molecular weight excluding hydrogens is 207 g/mol. The molecule has 1 N–H and O–H groups in total. The second kappa shape index (κ2) is 3.89. The van der Waals surface area contributed by atoms with Crippen molar-refractivity contribution in [2.24, 2.45) is 0 Å². The van der Waals surface area contributed by atoms with Crippen molar-refractivity contribution in [3.8, 4) is 11.3 Å². The van der Waals surface area contributed by atoms with Crippen LogP contribution in [0.4, 0.5) is 4.39 Å². The van der Waals surface area contributed by atoms with E-state index in [2.05, 4.69) is 10.2 Å². The molecule has 0 bridgehead atoms. The zero-order valence-electron chi connectivity index (χ0n) is 9.04. The predicted octanol–water partition coefficient (Wildman–Crippen LogP) is 2.19. The van der Waals surface area contributed by atoms with Crippen LogP contribution >= 0.6 is 0 Å². The highest BCUT2D eigenvalue weighted by Gasteiger charge is 2.11. The van der Waals surface area contributed by atoms with Crippen molar-refractivity contribution in [1.82, 2.24) is 10.2 Å². The van der Waals surface area contributed by atoms with Crippen LogP contribution in [0.5, 0.6) is 0 Å². The lowest BCUT2D eigenvalue weighted by Gasteiger charge is -2.07. The van der Waals surface area contributed by atoms with E-state index >= 15 is 0 Å². The fourth-order valence-electron chi connectivity index (χ4n) is 1.54. The third-order valence-corrected chi connectivity index (χ3v) is 2.66. The zero-order valence-corrected chi connectivity index (χ0v) is 9.04. The van der Waals surface area contributed by atoms with Crippen LogP contribution in [-0.2, 0) is 0 Å². The van der Waals surface area contributed by atoms with Gasteiger partial charge in [-0.25, -0.2) is 9.49 Å². The van der Waals surface area contributed by atoms with Gasteiger partial charge in [0.05, 0.1) is 5.69 Å². The van der Waals surface area contributed by atoms with Gasteiger partial charge in [-0.3, -0.25) is 4.79 Å². The van der Waals surface area contributed by atoms with E-state index in [9.17, 15) is 9.18 Å². The summed E-state index contributed by atoms with van der Waals surface area (Å²) in [5.41, 5.74) is 1.91. The summed E-state index contributed by atoms with van der Waals surface area (Å²) >= 11 is 0. The van der Waals surface area contributed by atoms with Crippen LogP contribution in [0.1, 0.15) is 11.1 Å². The summed E-state index contributed by atoms with van der Waals surface area (Å²) in [6.45, 7) is 3.46. The number of aromatic amines is 1. The lowest BCUT2D eigenvalue weighted by atomic mass is 10.0. The lowest BCUT2D eigenvalue weighted by Crippen LogP contribution is -2.14. The van der Waals surface area contributed by atoms with Gasteiger partial charge in [-0.2, -0.15) is 5.10 Å². The Kier molecular flexibility index (Phi) is 2.56. The maximum absolute atomic E-state index is 13.6. The van der Waals surface area contributed by atoms with Gasteiger partial charge in [0.2, 0.25) is 0 Å². The molecule has 1 heterocycles. The maximum atomic E-state index is 13.6. The van der Waals surface area contributed by atoms with E-state index in [0.717, 1.165) is 0 Å². The Morgan fingerprint density at radius 1 is 1.19 bits per heavy atom. The standard InChI is InChI=1S/C12H11FN2O/c1-7-8(2)12(16)15-14-11(7)9-5-3-4-6-10(9)13/h3-6H,1-2H3,(H,15,16). The number of rotatable bonds is 1. The Balaban J connectivity index is 2.71. The smallest absolute Gasteiger partial charge is 0.267 e. The molecule has 0 aliphatic heterocycles. The van der Waals surface area contributed by atoms with Crippen molar-refractivity contribution >= 4 is 0 Å². The highest BCUT2D eigenvalue weighted by molar-refractivity contribution is 5.63. The van der Waals surface area contributed by atoms with E-state index < -0.39 is 0 Å². The number of hydrogen-bond donors (Lipinski definition) is 1. The molecule has 1 aromatic carbocycles. The number of benzene rings is 1. The fraction of sp³-hybridized carbons (Fsp3) is 0.167. The van der Waals surface area contributed by atoms with Gasteiger partial charge >= 0.3 is 0 Å². The molecule has 0 radical (unpaired) electrons. The number of hydrogen-bond acceptors (Lipinski definition) is 2. The lowest BCUT2D eigenvalue weighted by molar-refractivity contribution is 0.630. The first kappa shape index (κ1) is 10.5. The molecule has 0 saturated heterocycles. The van der Waals surface area contributed by atoms with Crippen LogP contribution in [0.2, 0.25) is 0 Å². The first-order valence-corrected chi connectivity index (χ1v) is 4.92. The summed E-state index contributed by atoms with van der Waals surface area (Å²) in [6.07, 6.45) is 0. The molecule has 2 rings (SSSR count). The summed E-state index contributed by atoms with van der Waals surface area (Å²) in [5.74, 6) is -0.343. The first-order chi connectivity index (χ1) is 7.61. The average molecular weight is 218 g/mol. The van der Waals surface area contributed by atoms with Crippen LogP contribution in [-0.4, -0.2) is 10.2 Å². The number of nitrogens with zero attached hydrogens (tertiary/aromatic N) is 1. The molecule has 0 aliphatic carbocycles. The second-order valence-electron chi connectivity index (χ2n) is 3.63. The molecule has 82 valence electrons. The highest BCUT2D eigenvalue weighted by atomic mass is 19.1. The SMILES string of the molecule is Cc1c(-c2ccccc2F)n[nH]c(=O)c1C. The van der Waals surface area contributed by atoms with Crippen LogP contribution in [0.3, 0.4) is 0 Å². The fourth-order valence-corrected chi connectivity index (χ4v) is 1.54. The van der Waals surface area contributed by atoms with Crippen molar-refractivity contribution in [2.45, 2.75) is 13.8 Å². The van der Waals surface area contributed by atoms with Gasteiger partial charge in [-0.15, -0.1) is 0 Å². The van der Waals surface area contributed by atoms with Crippen LogP contribution < -0.4 is 5.56 Å². The molecule has 2 aromatic rings. The third kappa shape index (κ3) is 1.62. The van der Waals surface area contributed by atoms with Gasteiger partial charge < -0.3 is 0 Å². The topological polar surface area (TPSA) is 45.8 Å². The molecule has 0 amide bonds. The molecular formula is C12H11FN2O. The van der Waals surface area contributed by atoms with E-state index in [4.69, 9.17) is 0 Å². The summed E-state index contributed by atoms with van der Waals surface area (Å²) in [5, 5.41) is 6.25. The Labute approximate surface area is 92.0 Å². The molecule has 4 heteroatoms. The van der Waals surface area contributed by atoms with Gasteiger partial charge in [-0.05, 0) is 31.5 Å². The van der Waals surface area contributed by atoms with E-state index in [0.29, 0.717) is 22.4 Å². The number of H-pyrrole nitrogens is 1. The van der Waals surface area contributed by atoms with Gasteiger partial charge in [0.15, 0.2) is 0 Å². The minimum absolute atomic E-state index is 0.238. The van der Waals surface area contributed by atoms with E-state index in [1.54, 1.807) is 32.0 Å². The van der Waals surface area contributed by atoms with Gasteiger partial charge in [-0.1, -0.05) is 12.1 Å². The Morgan fingerprint density at radius 2 is 1.88 bits per heavy atom. The summed E-state index contributed by atoms with van der Waals surface area (Å²) in [4.78, 5) is 11.3. The Hall–Kier alpha value is -1.97. The molecule has 3 nitrogen and oxygen atoms in total. The molecule has 0 atom stereocenters. The van der Waals surface area contributed by atoms with Crippen molar-refractivity contribution < 1.29 is 4.39 Å². The molecule has 0 spiro atoms. The predicted molar refractivity (Wildman–Crippen MR) is 59.7 cm³/mol. The maximum Gasteiger partial charge on any atom is 0.267 e. The number of nitrogens with one attached hydrogen (secondary N) is 1. The summed E-state index contributed by atoms with van der Waals surface area (Å²) in [7, 11) is 0. The number of halogens is 1. The van der Waals surface area contributed by atoms with E-state index in [1.165, 1.54) is 6.07 Å². The minimum Gasteiger partial charge on any atom is -0.268 e. The van der Waals surface area contributed by atoms with E-state index in [-0.39, 0.29) is 11.4 Å². The van der Waals surface area contributed by atoms with Crippen molar-refractivity contribution in [1.29, 1.82) is 0 Å². The Morgan fingerprint density at radius 3 is 2.56 bits per heavy atom. The Bertz CT molecular complexity index is 590. The van der Waals surface area contributed by atoms with Crippen molar-refractivity contribution in [3.05, 3.63) is 51.6 Å².